The molecule has 0 bridgehead atoms. The second-order valence-electron chi connectivity index (χ2n) is 2.97. The molecule has 0 saturated heterocycles. The summed E-state index contributed by atoms with van der Waals surface area (Å²) in [5, 5.41) is 17.9. The van der Waals surface area contributed by atoms with Crippen LogP contribution in [0.15, 0.2) is 0 Å². The molecule has 0 amide bonds. The lowest BCUT2D eigenvalue weighted by molar-refractivity contribution is 0.114. The zero-order valence-corrected chi connectivity index (χ0v) is 6.88. The fourth-order valence-electron chi connectivity index (χ4n) is 0.990. The summed E-state index contributed by atoms with van der Waals surface area (Å²) in [6, 6.07) is 0. The molecule has 0 spiro atoms. The Balaban J connectivity index is 3.27. The van der Waals surface area contributed by atoms with Crippen LogP contribution < -0.4 is 0 Å². The molecule has 0 aromatic heterocycles. The summed E-state index contributed by atoms with van der Waals surface area (Å²) in [5.41, 5.74) is 0. The molecular formula is C8H18O2. The fraction of sp³-hybridized carbons (Fsp3) is 1.00. The molecule has 2 heteroatoms. The molecule has 0 rings (SSSR count). The highest BCUT2D eigenvalue weighted by Gasteiger charge is 2.07. The van der Waals surface area contributed by atoms with Gasteiger partial charge in [0.1, 0.15) is 0 Å². The van der Waals surface area contributed by atoms with Crippen LogP contribution in [0, 0.1) is 5.92 Å². The van der Waals surface area contributed by atoms with E-state index in [1.54, 1.807) is 0 Å². The first-order chi connectivity index (χ1) is 4.70. The van der Waals surface area contributed by atoms with Crippen molar-refractivity contribution in [2.24, 2.45) is 5.92 Å². The van der Waals surface area contributed by atoms with E-state index in [9.17, 15) is 5.11 Å². The molecule has 0 radical (unpaired) electrons. The number of rotatable bonds is 5. The zero-order chi connectivity index (χ0) is 7.98. The summed E-state index contributed by atoms with van der Waals surface area (Å²) < 4.78 is 0. The van der Waals surface area contributed by atoms with Crippen molar-refractivity contribution in [3.05, 3.63) is 0 Å². The summed E-state index contributed by atoms with van der Waals surface area (Å²) in [6.07, 6.45) is 2.38. The van der Waals surface area contributed by atoms with Crippen LogP contribution in [0.5, 0.6) is 0 Å². The first-order valence-electron chi connectivity index (χ1n) is 3.99. The monoisotopic (exact) mass is 146 g/mol. The van der Waals surface area contributed by atoms with Gasteiger partial charge in [0.2, 0.25) is 0 Å². The molecule has 0 aromatic rings. The van der Waals surface area contributed by atoms with Gasteiger partial charge in [-0.15, -0.1) is 0 Å². The SMILES string of the molecule is CCCC(O)CC(C)CO. The predicted molar refractivity (Wildman–Crippen MR) is 41.8 cm³/mol. The van der Waals surface area contributed by atoms with Crippen molar-refractivity contribution in [2.75, 3.05) is 6.61 Å². The lowest BCUT2D eigenvalue weighted by atomic mass is 10.0. The van der Waals surface area contributed by atoms with E-state index >= 15 is 0 Å². The van der Waals surface area contributed by atoms with Crippen molar-refractivity contribution in [3.63, 3.8) is 0 Å². The Hall–Kier alpha value is -0.0800. The van der Waals surface area contributed by atoms with Crippen LogP contribution >= 0.6 is 0 Å². The second-order valence-corrected chi connectivity index (χ2v) is 2.97. The Labute approximate surface area is 62.9 Å². The summed E-state index contributed by atoms with van der Waals surface area (Å²) in [4.78, 5) is 0. The number of hydrogen-bond acceptors (Lipinski definition) is 2. The van der Waals surface area contributed by atoms with Crippen molar-refractivity contribution in [1.82, 2.24) is 0 Å². The number of aliphatic hydroxyl groups excluding tert-OH is 2. The van der Waals surface area contributed by atoms with Crippen molar-refractivity contribution >= 4 is 0 Å². The van der Waals surface area contributed by atoms with Crippen LogP contribution in [-0.2, 0) is 0 Å². The highest BCUT2D eigenvalue weighted by Crippen LogP contribution is 2.08. The van der Waals surface area contributed by atoms with E-state index in [2.05, 4.69) is 0 Å². The third kappa shape index (κ3) is 4.77. The molecule has 0 saturated carbocycles. The summed E-state index contributed by atoms with van der Waals surface area (Å²) in [6.45, 7) is 4.17. The molecule has 2 unspecified atom stereocenters. The minimum absolute atomic E-state index is 0.181. The quantitative estimate of drug-likeness (QED) is 0.611. The first kappa shape index (κ1) is 9.92. The van der Waals surface area contributed by atoms with Gasteiger partial charge in [-0.1, -0.05) is 20.3 Å². The molecule has 0 aliphatic carbocycles. The summed E-state index contributed by atoms with van der Waals surface area (Å²) in [7, 11) is 0. The molecule has 2 nitrogen and oxygen atoms in total. The van der Waals surface area contributed by atoms with Gasteiger partial charge in [-0.25, -0.2) is 0 Å². The maximum absolute atomic E-state index is 9.24. The topological polar surface area (TPSA) is 40.5 Å². The average Bonchev–Trinajstić information content (AvgIpc) is 1.88. The van der Waals surface area contributed by atoms with Crippen molar-refractivity contribution < 1.29 is 10.2 Å². The molecule has 0 aliphatic rings. The zero-order valence-electron chi connectivity index (χ0n) is 6.88. The molecule has 0 aliphatic heterocycles. The average molecular weight is 146 g/mol. The normalized spacial score (nSPS) is 16.8. The van der Waals surface area contributed by atoms with Crippen LogP contribution in [0.2, 0.25) is 0 Å². The van der Waals surface area contributed by atoms with Crippen LogP contribution in [0.25, 0.3) is 0 Å². The van der Waals surface area contributed by atoms with Crippen LogP contribution in [0.4, 0.5) is 0 Å². The van der Waals surface area contributed by atoms with Crippen molar-refractivity contribution in [2.45, 2.75) is 39.2 Å². The van der Waals surface area contributed by atoms with Gasteiger partial charge in [0, 0.05) is 6.61 Å². The molecule has 2 N–H and O–H groups in total. The molecule has 10 heavy (non-hydrogen) atoms. The minimum Gasteiger partial charge on any atom is -0.396 e. The largest absolute Gasteiger partial charge is 0.396 e. The van der Waals surface area contributed by atoms with Crippen LogP contribution in [-0.4, -0.2) is 22.9 Å². The Bertz CT molecular complexity index is 73.7. The third-order valence-electron chi connectivity index (χ3n) is 1.61. The molecular weight excluding hydrogens is 128 g/mol. The van der Waals surface area contributed by atoms with E-state index in [4.69, 9.17) is 5.11 Å². The highest BCUT2D eigenvalue weighted by molar-refractivity contribution is 4.59. The van der Waals surface area contributed by atoms with E-state index in [1.807, 2.05) is 13.8 Å². The van der Waals surface area contributed by atoms with Gasteiger partial charge >= 0.3 is 0 Å². The van der Waals surface area contributed by atoms with Crippen molar-refractivity contribution in [1.29, 1.82) is 0 Å². The van der Waals surface area contributed by atoms with E-state index in [0.29, 0.717) is 0 Å². The Morgan fingerprint density at radius 1 is 1.40 bits per heavy atom. The van der Waals surface area contributed by atoms with E-state index in [1.165, 1.54) is 0 Å². The Kier molecular flexibility index (Phi) is 5.64. The maximum atomic E-state index is 9.24. The standard InChI is InChI=1S/C8H18O2/c1-3-4-8(10)5-7(2)6-9/h7-10H,3-6H2,1-2H3. The van der Waals surface area contributed by atoms with Crippen LogP contribution in [0.1, 0.15) is 33.1 Å². The van der Waals surface area contributed by atoms with E-state index in [0.717, 1.165) is 19.3 Å². The van der Waals surface area contributed by atoms with Gasteiger partial charge in [0.25, 0.3) is 0 Å². The molecule has 0 aromatic carbocycles. The lowest BCUT2D eigenvalue weighted by Gasteiger charge is -2.12. The number of aliphatic hydroxyl groups is 2. The van der Waals surface area contributed by atoms with Crippen LogP contribution in [0.3, 0.4) is 0 Å². The summed E-state index contributed by atoms with van der Waals surface area (Å²) >= 11 is 0. The van der Waals surface area contributed by atoms with Gasteiger partial charge in [0.15, 0.2) is 0 Å². The smallest absolute Gasteiger partial charge is 0.0543 e. The van der Waals surface area contributed by atoms with Gasteiger partial charge in [0.05, 0.1) is 6.10 Å². The Morgan fingerprint density at radius 2 is 2.00 bits per heavy atom. The third-order valence-corrected chi connectivity index (χ3v) is 1.61. The first-order valence-corrected chi connectivity index (χ1v) is 3.99. The summed E-state index contributed by atoms with van der Waals surface area (Å²) in [5.74, 6) is 0.238. The van der Waals surface area contributed by atoms with Crippen molar-refractivity contribution in [3.8, 4) is 0 Å². The molecule has 0 heterocycles. The van der Waals surface area contributed by atoms with Gasteiger partial charge in [-0.05, 0) is 18.8 Å². The van der Waals surface area contributed by atoms with Gasteiger partial charge in [-0.2, -0.15) is 0 Å². The molecule has 2 atom stereocenters. The molecule has 0 fully saturated rings. The van der Waals surface area contributed by atoms with E-state index in [-0.39, 0.29) is 18.6 Å². The number of hydrogen-bond donors (Lipinski definition) is 2. The predicted octanol–water partition coefficient (Wildman–Crippen LogP) is 1.17. The highest BCUT2D eigenvalue weighted by atomic mass is 16.3. The van der Waals surface area contributed by atoms with Gasteiger partial charge < -0.3 is 10.2 Å². The maximum Gasteiger partial charge on any atom is 0.0543 e. The van der Waals surface area contributed by atoms with E-state index < -0.39 is 0 Å². The fourth-order valence-corrected chi connectivity index (χ4v) is 0.990. The second kappa shape index (κ2) is 5.69. The minimum atomic E-state index is -0.216. The molecule has 62 valence electrons. The lowest BCUT2D eigenvalue weighted by Crippen LogP contribution is -2.13. The Morgan fingerprint density at radius 3 is 2.40 bits per heavy atom. The van der Waals surface area contributed by atoms with Gasteiger partial charge in [-0.3, -0.25) is 0 Å².